The van der Waals surface area contributed by atoms with E-state index in [1.807, 2.05) is 0 Å². The third-order valence-corrected chi connectivity index (χ3v) is 3.76. The van der Waals surface area contributed by atoms with Gasteiger partial charge in [-0.3, -0.25) is 4.39 Å². The number of urea groups is 1. The van der Waals surface area contributed by atoms with E-state index in [1.165, 1.54) is 12.1 Å². The molecule has 5 nitrogen and oxygen atoms in total. The first-order valence-electron chi connectivity index (χ1n) is 7.01. The van der Waals surface area contributed by atoms with Crippen LogP contribution in [0.4, 0.5) is 9.18 Å². The number of hydrogen-bond acceptors (Lipinski definition) is 2. The molecule has 2 N–H and O–H groups in total. The number of likely N-dealkylation sites (tertiary alicyclic amines) is 1. The second-order valence-corrected chi connectivity index (χ2v) is 5.25. The third-order valence-electron chi connectivity index (χ3n) is 3.76. The molecule has 0 radical (unpaired) electrons. The van der Waals surface area contributed by atoms with E-state index in [4.69, 9.17) is 5.11 Å². The molecule has 0 saturated carbocycles. The number of alkyl halides is 1. The molecule has 21 heavy (non-hydrogen) atoms. The van der Waals surface area contributed by atoms with Crippen molar-refractivity contribution in [2.75, 3.05) is 19.8 Å². The maximum absolute atomic E-state index is 12.5. The van der Waals surface area contributed by atoms with Crippen LogP contribution in [0.15, 0.2) is 24.3 Å². The normalized spacial score (nSPS) is 15.8. The SMILES string of the molecule is O=C(O)c1ccc(CNC(=O)N2CCC(CF)CC2)cc1. The van der Waals surface area contributed by atoms with Crippen molar-refractivity contribution >= 4 is 12.0 Å². The van der Waals surface area contributed by atoms with Crippen LogP contribution in [0.3, 0.4) is 0 Å². The minimum absolute atomic E-state index is 0.0811. The van der Waals surface area contributed by atoms with Gasteiger partial charge in [-0.2, -0.15) is 0 Å². The second kappa shape index (κ2) is 7.06. The van der Waals surface area contributed by atoms with Crippen molar-refractivity contribution in [3.63, 3.8) is 0 Å². The van der Waals surface area contributed by atoms with Crippen molar-refractivity contribution in [2.24, 2.45) is 5.92 Å². The first-order valence-corrected chi connectivity index (χ1v) is 7.01. The summed E-state index contributed by atoms with van der Waals surface area (Å²) in [7, 11) is 0. The van der Waals surface area contributed by atoms with Crippen LogP contribution >= 0.6 is 0 Å². The molecule has 0 aliphatic carbocycles. The van der Waals surface area contributed by atoms with Gasteiger partial charge in [0, 0.05) is 19.6 Å². The average molecular weight is 294 g/mol. The summed E-state index contributed by atoms with van der Waals surface area (Å²) in [6.07, 6.45) is 1.41. The molecule has 1 aliphatic rings. The zero-order valence-electron chi connectivity index (χ0n) is 11.7. The fourth-order valence-electron chi connectivity index (χ4n) is 2.35. The summed E-state index contributed by atoms with van der Waals surface area (Å²) in [5.74, 6) is -0.890. The van der Waals surface area contributed by atoms with E-state index in [0.29, 0.717) is 32.5 Å². The van der Waals surface area contributed by atoms with Gasteiger partial charge in [0.1, 0.15) is 0 Å². The van der Waals surface area contributed by atoms with Crippen molar-refractivity contribution in [1.29, 1.82) is 0 Å². The van der Waals surface area contributed by atoms with E-state index in [-0.39, 0.29) is 24.2 Å². The molecule has 0 aromatic heterocycles. The van der Waals surface area contributed by atoms with Gasteiger partial charge < -0.3 is 15.3 Å². The summed E-state index contributed by atoms with van der Waals surface area (Å²) in [5.41, 5.74) is 1.06. The van der Waals surface area contributed by atoms with Crippen LogP contribution in [0.5, 0.6) is 0 Å². The quantitative estimate of drug-likeness (QED) is 0.895. The predicted octanol–water partition coefficient (Wildman–Crippen LogP) is 2.28. The Labute approximate surface area is 122 Å². The van der Waals surface area contributed by atoms with Crippen molar-refractivity contribution in [2.45, 2.75) is 19.4 Å². The molecule has 1 heterocycles. The number of carbonyl (C=O) groups excluding carboxylic acids is 1. The van der Waals surface area contributed by atoms with Crippen molar-refractivity contribution < 1.29 is 19.1 Å². The van der Waals surface area contributed by atoms with Crippen molar-refractivity contribution in [1.82, 2.24) is 10.2 Å². The number of carboxylic acids is 1. The molecule has 1 aliphatic heterocycles. The molecular weight excluding hydrogens is 275 g/mol. The number of benzene rings is 1. The van der Waals surface area contributed by atoms with Crippen molar-refractivity contribution in [3.05, 3.63) is 35.4 Å². The highest BCUT2D eigenvalue weighted by atomic mass is 19.1. The zero-order valence-corrected chi connectivity index (χ0v) is 11.7. The van der Waals surface area contributed by atoms with E-state index in [9.17, 15) is 14.0 Å². The molecule has 0 spiro atoms. The predicted molar refractivity (Wildman–Crippen MR) is 75.9 cm³/mol. The van der Waals surface area contributed by atoms with E-state index in [1.54, 1.807) is 17.0 Å². The van der Waals surface area contributed by atoms with Crippen LogP contribution in [0.25, 0.3) is 0 Å². The number of carboxylic acid groups (broad SMARTS) is 1. The molecule has 1 saturated heterocycles. The van der Waals surface area contributed by atoms with Crippen LogP contribution in [0.1, 0.15) is 28.8 Å². The number of aromatic carboxylic acids is 1. The Morgan fingerprint density at radius 3 is 2.38 bits per heavy atom. The minimum atomic E-state index is -0.971. The maximum atomic E-state index is 12.5. The number of amides is 2. The highest BCUT2D eigenvalue weighted by molar-refractivity contribution is 5.87. The molecule has 0 unspecified atom stereocenters. The summed E-state index contributed by atoms with van der Waals surface area (Å²) < 4.78 is 12.5. The van der Waals surface area contributed by atoms with E-state index in [0.717, 1.165) is 5.56 Å². The number of rotatable bonds is 4. The number of piperidine rings is 1. The molecular formula is C15H19FN2O3. The lowest BCUT2D eigenvalue weighted by Crippen LogP contribution is -2.44. The Balaban J connectivity index is 1.80. The topological polar surface area (TPSA) is 69.6 Å². The van der Waals surface area contributed by atoms with Gasteiger partial charge >= 0.3 is 12.0 Å². The second-order valence-electron chi connectivity index (χ2n) is 5.25. The molecule has 0 atom stereocenters. The molecule has 1 aromatic rings. The molecule has 0 bridgehead atoms. The molecule has 6 heteroatoms. The molecule has 1 aromatic carbocycles. The smallest absolute Gasteiger partial charge is 0.335 e. The minimum Gasteiger partial charge on any atom is -0.478 e. The van der Waals surface area contributed by atoms with Crippen LogP contribution in [-0.4, -0.2) is 41.8 Å². The van der Waals surface area contributed by atoms with Gasteiger partial charge in [0.2, 0.25) is 0 Å². The fourth-order valence-corrected chi connectivity index (χ4v) is 2.35. The lowest BCUT2D eigenvalue weighted by Gasteiger charge is -2.30. The Hall–Kier alpha value is -2.11. The zero-order chi connectivity index (χ0) is 15.2. The Bertz CT molecular complexity index is 496. The average Bonchev–Trinajstić information content (AvgIpc) is 2.53. The summed E-state index contributed by atoms with van der Waals surface area (Å²) >= 11 is 0. The third kappa shape index (κ3) is 4.18. The van der Waals surface area contributed by atoms with Gasteiger partial charge in [-0.25, -0.2) is 9.59 Å². The largest absolute Gasteiger partial charge is 0.478 e. The van der Waals surface area contributed by atoms with Gasteiger partial charge in [0.05, 0.1) is 12.2 Å². The number of carbonyl (C=O) groups is 2. The summed E-state index contributed by atoms with van der Waals surface area (Å²) in [6, 6.07) is 6.22. The highest BCUT2D eigenvalue weighted by Gasteiger charge is 2.22. The molecule has 114 valence electrons. The monoisotopic (exact) mass is 294 g/mol. The van der Waals surface area contributed by atoms with Crippen LogP contribution < -0.4 is 5.32 Å². The number of nitrogens with zero attached hydrogens (tertiary/aromatic N) is 1. The standard InChI is InChI=1S/C15H19FN2O3/c16-9-11-5-7-18(8-6-11)15(21)17-10-12-1-3-13(4-2-12)14(19)20/h1-4,11H,5-10H2,(H,17,21)(H,19,20). The summed E-state index contributed by atoms with van der Waals surface area (Å²) in [6.45, 7) is 1.20. The number of nitrogens with one attached hydrogen (secondary N) is 1. The van der Waals surface area contributed by atoms with Crippen LogP contribution in [0.2, 0.25) is 0 Å². The Morgan fingerprint density at radius 1 is 1.24 bits per heavy atom. The van der Waals surface area contributed by atoms with Gasteiger partial charge in [-0.1, -0.05) is 12.1 Å². The van der Waals surface area contributed by atoms with Crippen LogP contribution in [-0.2, 0) is 6.54 Å². The Kier molecular flexibility index (Phi) is 5.14. The number of hydrogen-bond donors (Lipinski definition) is 2. The first kappa shape index (κ1) is 15.3. The lowest BCUT2D eigenvalue weighted by atomic mass is 9.99. The highest BCUT2D eigenvalue weighted by Crippen LogP contribution is 2.17. The van der Waals surface area contributed by atoms with E-state index >= 15 is 0 Å². The van der Waals surface area contributed by atoms with E-state index < -0.39 is 5.97 Å². The maximum Gasteiger partial charge on any atom is 0.335 e. The Morgan fingerprint density at radius 2 is 1.86 bits per heavy atom. The van der Waals surface area contributed by atoms with Crippen LogP contribution in [0, 0.1) is 5.92 Å². The van der Waals surface area contributed by atoms with E-state index in [2.05, 4.69) is 5.32 Å². The van der Waals surface area contributed by atoms with Gasteiger partial charge in [-0.05, 0) is 36.5 Å². The summed E-state index contributed by atoms with van der Waals surface area (Å²) in [4.78, 5) is 24.4. The summed E-state index contributed by atoms with van der Waals surface area (Å²) in [5, 5.41) is 11.6. The lowest BCUT2D eigenvalue weighted by molar-refractivity contribution is 0.0697. The van der Waals surface area contributed by atoms with Gasteiger partial charge in [0.25, 0.3) is 0 Å². The van der Waals surface area contributed by atoms with Gasteiger partial charge in [-0.15, -0.1) is 0 Å². The van der Waals surface area contributed by atoms with Gasteiger partial charge in [0.15, 0.2) is 0 Å². The molecule has 2 rings (SSSR count). The molecule has 1 fully saturated rings. The number of halogens is 1. The first-order chi connectivity index (χ1) is 10.1. The van der Waals surface area contributed by atoms with Crippen molar-refractivity contribution in [3.8, 4) is 0 Å². The molecule has 2 amide bonds. The fraction of sp³-hybridized carbons (Fsp3) is 0.467.